The normalized spacial score (nSPS) is 19.0. The van der Waals surface area contributed by atoms with Gasteiger partial charge in [0.1, 0.15) is 11.3 Å². The van der Waals surface area contributed by atoms with Crippen molar-refractivity contribution in [1.29, 1.82) is 0 Å². The SMILES string of the molecule is C=C1c2ccccc2C2(C/C=C\c3c1oc1ccccc31)c1ccccc1-c1cccc(Br)c12. The number of hydrogen-bond acceptors (Lipinski definition) is 1. The van der Waals surface area contributed by atoms with E-state index in [1.807, 2.05) is 12.1 Å². The molecule has 0 bridgehead atoms. The number of allylic oxidation sites excluding steroid dienone is 1. The van der Waals surface area contributed by atoms with Gasteiger partial charge in [0.2, 0.25) is 0 Å². The van der Waals surface area contributed by atoms with Gasteiger partial charge in [-0.1, -0.05) is 114 Å². The van der Waals surface area contributed by atoms with Crippen LogP contribution in [-0.2, 0) is 5.41 Å². The van der Waals surface area contributed by atoms with Crippen LogP contribution in [0.5, 0.6) is 0 Å². The van der Waals surface area contributed by atoms with Crippen LogP contribution in [0.15, 0.2) is 113 Å². The molecular formula is C32H21BrO. The molecule has 1 unspecified atom stereocenters. The molecular weight excluding hydrogens is 480 g/mol. The van der Waals surface area contributed by atoms with Gasteiger partial charge in [-0.2, -0.15) is 0 Å². The highest BCUT2D eigenvalue weighted by molar-refractivity contribution is 9.10. The third-order valence-corrected chi connectivity index (χ3v) is 8.11. The fraction of sp³-hybridized carbons (Fsp3) is 0.0625. The lowest BCUT2D eigenvalue weighted by atomic mass is 9.68. The van der Waals surface area contributed by atoms with Crippen molar-refractivity contribution in [3.63, 3.8) is 0 Å². The van der Waals surface area contributed by atoms with Crippen molar-refractivity contribution in [2.75, 3.05) is 0 Å². The first-order chi connectivity index (χ1) is 16.7. The minimum atomic E-state index is -0.332. The summed E-state index contributed by atoms with van der Waals surface area (Å²) in [5.74, 6) is 0.848. The third-order valence-electron chi connectivity index (χ3n) is 7.45. The molecule has 5 aromatic rings. The van der Waals surface area contributed by atoms with Crippen molar-refractivity contribution in [2.24, 2.45) is 0 Å². The summed E-state index contributed by atoms with van der Waals surface area (Å²) in [4.78, 5) is 0. The molecule has 0 N–H and O–H groups in total. The van der Waals surface area contributed by atoms with Gasteiger partial charge in [0, 0.05) is 21.0 Å². The Morgan fingerprint density at radius 1 is 0.735 bits per heavy atom. The van der Waals surface area contributed by atoms with Gasteiger partial charge in [0.25, 0.3) is 0 Å². The Morgan fingerprint density at radius 3 is 2.26 bits per heavy atom. The van der Waals surface area contributed by atoms with Crippen LogP contribution in [0, 0.1) is 0 Å². The minimum absolute atomic E-state index is 0.332. The fourth-order valence-corrected chi connectivity index (χ4v) is 6.76. The van der Waals surface area contributed by atoms with Crippen LogP contribution < -0.4 is 0 Å². The summed E-state index contributed by atoms with van der Waals surface area (Å²) in [6.45, 7) is 4.59. The summed E-state index contributed by atoms with van der Waals surface area (Å²) in [5.41, 5.74) is 10.2. The van der Waals surface area contributed by atoms with Crippen LogP contribution in [0.25, 0.3) is 33.7 Å². The zero-order chi connectivity index (χ0) is 22.9. The van der Waals surface area contributed by atoms with Crippen LogP contribution >= 0.6 is 15.9 Å². The lowest BCUT2D eigenvalue weighted by Crippen LogP contribution is -2.28. The van der Waals surface area contributed by atoms with Crippen molar-refractivity contribution in [3.05, 3.63) is 142 Å². The van der Waals surface area contributed by atoms with Crippen LogP contribution in [0.3, 0.4) is 0 Å². The first-order valence-electron chi connectivity index (χ1n) is 11.6. The molecule has 1 aromatic heterocycles. The number of rotatable bonds is 0. The molecule has 34 heavy (non-hydrogen) atoms. The summed E-state index contributed by atoms with van der Waals surface area (Å²) in [6, 6.07) is 32.3. The Labute approximate surface area is 207 Å². The molecule has 0 saturated heterocycles. The third kappa shape index (κ3) is 2.49. The Kier molecular flexibility index (Phi) is 4.19. The topological polar surface area (TPSA) is 13.1 Å². The van der Waals surface area contributed by atoms with Crippen molar-refractivity contribution in [2.45, 2.75) is 11.8 Å². The summed E-state index contributed by atoms with van der Waals surface area (Å²) in [6.07, 6.45) is 5.39. The second-order valence-electron chi connectivity index (χ2n) is 9.08. The number of para-hydroxylation sites is 1. The van der Waals surface area contributed by atoms with Crippen LogP contribution in [0.2, 0.25) is 0 Å². The van der Waals surface area contributed by atoms with Crippen molar-refractivity contribution < 1.29 is 4.42 Å². The second-order valence-corrected chi connectivity index (χ2v) is 9.94. The van der Waals surface area contributed by atoms with Gasteiger partial charge in [-0.3, -0.25) is 0 Å². The maximum absolute atomic E-state index is 6.40. The quantitative estimate of drug-likeness (QED) is 0.206. The lowest BCUT2D eigenvalue weighted by molar-refractivity contribution is 0.599. The van der Waals surface area contributed by atoms with Crippen LogP contribution in [-0.4, -0.2) is 0 Å². The maximum atomic E-state index is 6.40. The van der Waals surface area contributed by atoms with Crippen molar-refractivity contribution in [3.8, 4) is 11.1 Å². The molecule has 0 radical (unpaired) electrons. The lowest BCUT2D eigenvalue weighted by Gasteiger charge is -2.34. The molecule has 2 aliphatic rings. The first kappa shape index (κ1) is 19.8. The van der Waals surface area contributed by atoms with E-state index < -0.39 is 0 Å². The van der Waals surface area contributed by atoms with Gasteiger partial charge in [0.15, 0.2) is 0 Å². The Bertz CT molecular complexity index is 1670. The van der Waals surface area contributed by atoms with E-state index in [1.165, 1.54) is 27.8 Å². The highest BCUT2D eigenvalue weighted by Crippen LogP contribution is 2.58. The zero-order valence-electron chi connectivity index (χ0n) is 18.5. The molecule has 7 rings (SSSR count). The van der Waals surface area contributed by atoms with E-state index >= 15 is 0 Å². The molecule has 2 heteroatoms. The Balaban J connectivity index is 1.61. The molecule has 1 spiro atoms. The summed E-state index contributed by atoms with van der Waals surface area (Å²) >= 11 is 3.94. The Morgan fingerprint density at radius 2 is 1.41 bits per heavy atom. The molecule has 2 aliphatic carbocycles. The highest BCUT2D eigenvalue weighted by Gasteiger charge is 2.46. The Hall–Kier alpha value is -3.62. The zero-order valence-corrected chi connectivity index (χ0v) is 20.1. The maximum Gasteiger partial charge on any atom is 0.142 e. The number of halogens is 1. The largest absolute Gasteiger partial charge is 0.455 e. The number of hydrogen-bond donors (Lipinski definition) is 0. The predicted octanol–water partition coefficient (Wildman–Crippen LogP) is 8.99. The molecule has 0 amide bonds. The van der Waals surface area contributed by atoms with Gasteiger partial charge in [0.05, 0.1) is 5.41 Å². The smallest absolute Gasteiger partial charge is 0.142 e. The molecule has 1 atom stereocenters. The molecule has 4 aromatic carbocycles. The van der Waals surface area contributed by atoms with Gasteiger partial charge >= 0.3 is 0 Å². The minimum Gasteiger partial charge on any atom is -0.455 e. The second kappa shape index (κ2) is 7.19. The van der Waals surface area contributed by atoms with Crippen LogP contribution in [0.4, 0.5) is 0 Å². The fourth-order valence-electron chi connectivity index (χ4n) is 6.06. The molecule has 0 aliphatic heterocycles. The molecule has 0 saturated carbocycles. The predicted molar refractivity (Wildman–Crippen MR) is 144 cm³/mol. The number of fused-ring (bicyclic) bond motifs is 10. The van der Waals surface area contributed by atoms with Gasteiger partial charge in [-0.15, -0.1) is 0 Å². The number of benzene rings is 4. The van der Waals surface area contributed by atoms with E-state index in [-0.39, 0.29) is 5.41 Å². The summed E-state index contributed by atoms with van der Waals surface area (Å²) in [5, 5.41) is 1.12. The molecule has 1 heterocycles. The number of furan rings is 1. The van der Waals surface area contributed by atoms with E-state index in [9.17, 15) is 0 Å². The van der Waals surface area contributed by atoms with Gasteiger partial charge in [-0.05, 0) is 51.9 Å². The monoisotopic (exact) mass is 500 g/mol. The standard InChI is InChI=1S/C32H21BrO/c1-20-21-10-2-5-15-26(21)32(19-9-14-25-23-12-4-7-18-29(23)34-31(20)25)27-16-6-3-11-22(27)24-13-8-17-28(33)30(24)32/h2-18H,1,19H2/b14-9-. The van der Waals surface area contributed by atoms with Crippen molar-refractivity contribution >= 4 is 38.5 Å². The molecule has 1 nitrogen and oxygen atoms in total. The average molecular weight is 501 g/mol. The summed E-state index contributed by atoms with van der Waals surface area (Å²) in [7, 11) is 0. The average Bonchev–Trinajstić information content (AvgIpc) is 3.40. The van der Waals surface area contributed by atoms with E-state index in [2.05, 4.69) is 114 Å². The van der Waals surface area contributed by atoms with E-state index in [0.29, 0.717) is 0 Å². The first-order valence-corrected chi connectivity index (χ1v) is 12.4. The van der Waals surface area contributed by atoms with Crippen molar-refractivity contribution in [1.82, 2.24) is 0 Å². The molecule has 162 valence electrons. The highest BCUT2D eigenvalue weighted by atomic mass is 79.9. The van der Waals surface area contributed by atoms with Gasteiger partial charge < -0.3 is 4.42 Å². The van der Waals surface area contributed by atoms with Crippen LogP contribution in [0.1, 0.15) is 40.0 Å². The summed E-state index contributed by atoms with van der Waals surface area (Å²) < 4.78 is 7.54. The van der Waals surface area contributed by atoms with E-state index in [1.54, 1.807) is 0 Å². The van der Waals surface area contributed by atoms with E-state index in [0.717, 1.165) is 44.3 Å². The van der Waals surface area contributed by atoms with E-state index in [4.69, 9.17) is 4.42 Å². The van der Waals surface area contributed by atoms with Gasteiger partial charge in [-0.25, -0.2) is 0 Å². The molecule has 0 fully saturated rings.